The first-order valence-corrected chi connectivity index (χ1v) is 6.51. The normalized spacial score (nSPS) is 13.2. The Kier molecular flexibility index (Phi) is 4.82. The van der Waals surface area contributed by atoms with Crippen LogP contribution in [0.4, 0.5) is 4.39 Å². The Hall–Kier alpha value is -2.77. The van der Waals surface area contributed by atoms with E-state index in [1.165, 1.54) is 42.6 Å². The first-order valence-electron chi connectivity index (χ1n) is 6.51. The molecule has 2 atom stereocenters. The predicted octanol–water partition coefficient (Wildman–Crippen LogP) is 1.01. The van der Waals surface area contributed by atoms with E-state index >= 15 is 0 Å². The number of esters is 1. The maximum absolute atomic E-state index is 13.9. The van der Waals surface area contributed by atoms with E-state index in [1.807, 2.05) is 0 Å². The molecule has 116 valence electrons. The van der Waals surface area contributed by atoms with Crippen LogP contribution >= 0.6 is 0 Å². The van der Waals surface area contributed by atoms with E-state index in [0.717, 1.165) is 0 Å². The van der Waals surface area contributed by atoms with Crippen molar-refractivity contribution in [1.82, 2.24) is 20.1 Å². The van der Waals surface area contributed by atoms with Gasteiger partial charge in [0.15, 0.2) is 6.04 Å². The molecule has 0 saturated carbocycles. The highest BCUT2D eigenvalue weighted by atomic mass is 19.1. The van der Waals surface area contributed by atoms with Crippen LogP contribution < -0.4 is 5.32 Å². The predicted molar refractivity (Wildman–Crippen MR) is 74.0 cm³/mol. The van der Waals surface area contributed by atoms with Crippen molar-refractivity contribution in [3.63, 3.8) is 0 Å². The lowest BCUT2D eigenvalue weighted by atomic mass is 10.1. The molecule has 1 heterocycles. The summed E-state index contributed by atoms with van der Waals surface area (Å²) < 4.78 is 19.8. The van der Waals surface area contributed by atoms with Gasteiger partial charge < -0.3 is 10.1 Å². The summed E-state index contributed by atoms with van der Waals surface area (Å²) in [5, 5.41) is 6.33. The number of ether oxygens (including phenoxy) is 1. The van der Waals surface area contributed by atoms with Crippen molar-refractivity contribution in [2.24, 2.45) is 0 Å². The second kappa shape index (κ2) is 6.79. The molecule has 2 rings (SSSR count). The molecule has 0 aliphatic rings. The van der Waals surface area contributed by atoms with Crippen molar-refractivity contribution in [2.45, 2.75) is 19.0 Å². The summed E-state index contributed by atoms with van der Waals surface area (Å²) in [5.74, 6) is -1.87. The van der Waals surface area contributed by atoms with Crippen molar-refractivity contribution >= 4 is 11.9 Å². The highest BCUT2D eigenvalue weighted by Crippen LogP contribution is 2.19. The van der Waals surface area contributed by atoms with Gasteiger partial charge in [-0.2, -0.15) is 5.10 Å². The highest BCUT2D eigenvalue weighted by Gasteiger charge is 2.28. The fourth-order valence-corrected chi connectivity index (χ4v) is 1.89. The van der Waals surface area contributed by atoms with Gasteiger partial charge in [0.25, 0.3) is 0 Å². The zero-order chi connectivity index (χ0) is 16.1. The van der Waals surface area contributed by atoms with Crippen LogP contribution in [-0.4, -0.2) is 33.8 Å². The minimum absolute atomic E-state index is 0.0356. The number of hydrogen-bond donors (Lipinski definition) is 1. The Labute approximate surface area is 126 Å². The van der Waals surface area contributed by atoms with E-state index in [0.29, 0.717) is 0 Å². The summed E-state index contributed by atoms with van der Waals surface area (Å²) in [6.45, 7) is 1.58. The van der Waals surface area contributed by atoms with Crippen molar-refractivity contribution in [1.29, 1.82) is 0 Å². The molecular formula is C14H15FN4O3. The van der Waals surface area contributed by atoms with Crippen LogP contribution in [0.1, 0.15) is 24.6 Å². The summed E-state index contributed by atoms with van der Waals surface area (Å²) in [6.07, 6.45) is 2.67. The number of rotatable bonds is 5. The lowest BCUT2D eigenvalue weighted by molar-refractivity contribution is -0.145. The zero-order valence-corrected chi connectivity index (χ0v) is 12.1. The number of hydrogen-bond acceptors (Lipinski definition) is 5. The fraction of sp³-hybridized carbons (Fsp3) is 0.286. The Morgan fingerprint density at radius 3 is 2.68 bits per heavy atom. The lowest BCUT2D eigenvalue weighted by Crippen LogP contribution is -2.38. The van der Waals surface area contributed by atoms with Crippen LogP contribution in [0, 0.1) is 5.82 Å². The van der Waals surface area contributed by atoms with Crippen molar-refractivity contribution in [3.05, 3.63) is 48.3 Å². The van der Waals surface area contributed by atoms with Gasteiger partial charge in [0.2, 0.25) is 5.91 Å². The topological polar surface area (TPSA) is 86.1 Å². The van der Waals surface area contributed by atoms with E-state index in [-0.39, 0.29) is 5.56 Å². The maximum Gasteiger partial charge on any atom is 0.333 e. The molecule has 0 saturated heterocycles. The first kappa shape index (κ1) is 15.6. The zero-order valence-electron chi connectivity index (χ0n) is 12.1. The van der Waals surface area contributed by atoms with Crippen LogP contribution in [0.25, 0.3) is 0 Å². The van der Waals surface area contributed by atoms with Crippen molar-refractivity contribution in [3.8, 4) is 0 Å². The number of nitrogens with one attached hydrogen (secondary N) is 1. The molecular weight excluding hydrogens is 291 g/mol. The monoisotopic (exact) mass is 306 g/mol. The van der Waals surface area contributed by atoms with Gasteiger partial charge in [-0.05, 0) is 13.0 Å². The van der Waals surface area contributed by atoms with Gasteiger partial charge in [0, 0.05) is 5.56 Å². The molecule has 0 radical (unpaired) electrons. The average molecular weight is 306 g/mol. The number of amides is 1. The summed E-state index contributed by atoms with van der Waals surface area (Å²) in [6, 6.07) is 3.75. The van der Waals surface area contributed by atoms with E-state index in [9.17, 15) is 14.0 Å². The molecule has 7 nitrogen and oxygen atoms in total. The van der Waals surface area contributed by atoms with Gasteiger partial charge in [0.1, 0.15) is 24.5 Å². The second-order valence-electron chi connectivity index (χ2n) is 4.54. The molecule has 0 aliphatic heterocycles. The molecule has 0 spiro atoms. The smallest absolute Gasteiger partial charge is 0.333 e. The van der Waals surface area contributed by atoms with E-state index in [2.05, 4.69) is 20.1 Å². The number of carbonyl (C=O) groups is 2. The van der Waals surface area contributed by atoms with Crippen LogP contribution in [-0.2, 0) is 14.3 Å². The molecule has 0 unspecified atom stereocenters. The molecule has 2 aromatic rings. The Morgan fingerprint density at radius 1 is 1.36 bits per heavy atom. The van der Waals surface area contributed by atoms with Gasteiger partial charge in [-0.25, -0.2) is 18.9 Å². The van der Waals surface area contributed by atoms with E-state index in [1.54, 1.807) is 13.0 Å². The number of methoxy groups -OCH3 is 1. The van der Waals surface area contributed by atoms with Gasteiger partial charge in [-0.1, -0.05) is 18.2 Å². The Balaban J connectivity index is 2.22. The quantitative estimate of drug-likeness (QED) is 0.833. The molecule has 1 amide bonds. The summed E-state index contributed by atoms with van der Waals surface area (Å²) in [5.41, 5.74) is 0.0356. The number of benzene rings is 1. The molecule has 1 aromatic heterocycles. The third-order valence-electron chi connectivity index (χ3n) is 3.15. The molecule has 22 heavy (non-hydrogen) atoms. The SMILES string of the molecule is COC(=O)[C@@H](NC(=O)[C@@H](C)n1cncn1)c1ccccc1F. The highest BCUT2D eigenvalue weighted by molar-refractivity contribution is 5.87. The third kappa shape index (κ3) is 3.27. The van der Waals surface area contributed by atoms with E-state index in [4.69, 9.17) is 0 Å². The van der Waals surface area contributed by atoms with Crippen LogP contribution in [0.3, 0.4) is 0 Å². The summed E-state index contributed by atoms with van der Waals surface area (Å²) >= 11 is 0. The number of aromatic nitrogens is 3. The minimum atomic E-state index is -1.23. The van der Waals surface area contributed by atoms with Gasteiger partial charge in [0.05, 0.1) is 7.11 Å². The Morgan fingerprint density at radius 2 is 2.09 bits per heavy atom. The molecule has 1 N–H and O–H groups in total. The summed E-state index contributed by atoms with van der Waals surface area (Å²) in [7, 11) is 1.17. The van der Waals surface area contributed by atoms with Gasteiger partial charge >= 0.3 is 5.97 Å². The maximum atomic E-state index is 13.9. The average Bonchev–Trinajstić information content (AvgIpc) is 3.06. The Bertz CT molecular complexity index is 660. The molecule has 0 fully saturated rings. The van der Waals surface area contributed by atoms with Crippen LogP contribution in [0.2, 0.25) is 0 Å². The number of nitrogens with zero attached hydrogens (tertiary/aromatic N) is 3. The second-order valence-corrected chi connectivity index (χ2v) is 4.54. The largest absolute Gasteiger partial charge is 0.467 e. The first-order chi connectivity index (χ1) is 10.5. The molecule has 1 aromatic carbocycles. The number of halogens is 1. The van der Waals surface area contributed by atoms with Crippen molar-refractivity contribution in [2.75, 3.05) is 7.11 Å². The van der Waals surface area contributed by atoms with Gasteiger partial charge in [-0.3, -0.25) is 4.79 Å². The van der Waals surface area contributed by atoms with Crippen molar-refractivity contribution < 1.29 is 18.7 Å². The lowest BCUT2D eigenvalue weighted by Gasteiger charge is -2.20. The van der Waals surface area contributed by atoms with Crippen LogP contribution in [0.5, 0.6) is 0 Å². The third-order valence-corrected chi connectivity index (χ3v) is 3.15. The van der Waals surface area contributed by atoms with Crippen LogP contribution in [0.15, 0.2) is 36.9 Å². The standard InChI is InChI=1S/C14H15FN4O3/c1-9(19-8-16-7-17-19)13(20)18-12(14(21)22-2)10-5-3-4-6-11(10)15/h3-9,12H,1-2H3,(H,18,20)/t9-,12+/m1/s1. The number of carbonyl (C=O) groups excluding carboxylic acids is 2. The van der Waals surface area contributed by atoms with E-state index < -0.39 is 29.8 Å². The summed E-state index contributed by atoms with van der Waals surface area (Å²) in [4.78, 5) is 27.8. The fourth-order valence-electron chi connectivity index (χ4n) is 1.89. The molecule has 0 aliphatic carbocycles. The minimum Gasteiger partial charge on any atom is -0.467 e. The molecule has 0 bridgehead atoms. The molecule has 8 heteroatoms. The van der Waals surface area contributed by atoms with Gasteiger partial charge in [-0.15, -0.1) is 0 Å².